The molecule has 1 heterocycles. The van der Waals surface area contributed by atoms with E-state index >= 15 is 0 Å². The van der Waals surface area contributed by atoms with Gasteiger partial charge in [0.05, 0.1) is 6.61 Å². The lowest BCUT2D eigenvalue weighted by atomic mass is 9.88. The van der Waals surface area contributed by atoms with Gasteiger partial charge in [0.25, 0.3) is 0 Å². The van der Waals surface area contributed by atoms with Crippen LogP contribution in [0.3, 0.4) is 0 Å². The maximum absolute atomic E-state index is 6.18. The molecular weight excluding hydrogens is 258 g/mol. The van der Waals surface area contributed by atoms with Crippen molar-refractivity contribution in [3.05, 3.63) is 29.8 Å². The maximum Gasteiger partial charge on any atom is 0.122 e. The third-order valence-corrected chi connectivity index (χ3v) is 5.20. The number of alkyl halides is 1. The molecule has 1 aromatic rings. The minimum Gasteiger partial charge on any atom is -0.493 e. The zero-order chi connectivity index (χ0) is 13.1. The lowest BCUT2D eigenvalue weighted by molar-refractivity contribution is 0.297. The summed E-state index contributed by atoms with van der Waals surface area (Å²) in [6.45, 7) is 2.85. The second-order valence-electron chi connectivity index (χ2n) is 6.02. The summed E-state index contributed by atoms with van der Waals surface area (Å²) in [6.07, 6.45) is 5.23. The number of benzene rings is 1. The molecule has 1 aliphatic carbocycles. The predicted molar refractivity (Wildman–Crippen MR) is 79.2 cm³/mol. The van der Waals surface area contributed by atoms with Gasteiger partial charge in [-0.25, -0.2) is 0 Å². The van der Waals surface area contributed by atoms with Crippen molar-refractivity contribution >= 4 is 11.6 Å². The second-order valence-corrected chi connectivity index (χ2v) is 6.28. The molecule has 1 atom stereocenters. The first-order valence-corrected chi connectivity index (χ1v) is 7.85. The summed E-state index contributed by atoms with van der Waals surface area (Å²) >= 11 is 6.18. The van der Waals surface area contributed by atoms with Crippen molar-refractivity contribution in [3.8, 4) is 5.75 Å². The van der Waals surface area contributed by atoms with Crippen molar-refractivity contribution in [2.45, 2.75) is 31.6 Å². The molecule has 1 aromatic carbocycles. The molecule has 0 spiro atoms. The summed E-state index contributed by atoms with van der Waals surface area (Å²) < 4.78 is 5.72. The van der Waals surface area contributed by atoms with Gasteiger partial charge in [0.15, 0.2) is 0 Å². The van der Waals surface area contributed by atoms with Crippen LogP contribution in [0, 0.1) is 5.41 Å². The summed E-state index contributed by atoms with van der Waals surface area (Å²) in [6, 6.07) is 8.38. The highest BCUT2D eigenvalue weighted by Gasteiger charge is 2.33. The first-order valence-electron chi connectivity index (χ1n) is 7.31. The number of hydrogen-bond acceptors (Lipinski definition) is 2. The number of fused-ring (bicyclic) bond motifs is 1. The third-order valence-electron chi connectivity index (χ3n) is 4.64. The van der Waals surface area contributed by atoms with Crippen LogP contribution < -0.4 is 10.1 Å². The first-order chi connectivity index (χ1) is 9.33. The van der Waals surface area contributed by atoms with E-state index in [2.05, 4.69) is 23.5 Å². The molecule has 19 heavy (non-hydrogen) atoms. The van der Waals surface area contributed by atoms with Crippen LogP contribution >= 0.6 is 11.6 Å². The molecule has 104 valence electrons. The Balaban J connectivity index is 1.54. The Hall–Kier alpha value is -0.730. The Labute approximate surface area is 120 Å². The number of rotatable bonds is 5. The fourth-order valence-electron chi connectivity index (χ4n) is 3.39. The number of para-hydroxylation sites is 1. The molecule has 2 nitrogen and oxygen atoms in total. The van der Waals surface area contributed by atoms with Gasteiger partial charge in [-0.2, -0.15) is 0 Å². The molecule has 3 rings (SSSR count). The molecule has 0 amide bonds. The van der Waals surface area contributed by atoms with Gasteiger partial charge in [0.2, 0.25) is 0 Å². The number of halogens is 1. The Bertz CT molecular complexity index is 429. The minimum atomic E-state index is 0.348. The van der Waals surface area contributed by atoms with Gasteiger partial charge in [-0.05, 0) is 24.3 Å². The Morgan fingerprint density at radius 2 is 2.05 bits per heavy atom. The summed E-state index contributed by atoms with van der Waals surface area (Å²) in [5.41, 5.74) is 1.70. The van der Waals surface area contributed by atoms with Crippen molar-refractivity contribution in [1.29, 1.82) is 0 Å². The van der Waals surface area contributed by atoms with E-state index in [4.69, 9.17) is 16.3 Å². The molecule has 1 N–H and O–H groups in total. The van der Waals surface area contributed by atoms with Crippen LogP contribution in [0.2, 0.25) is 0 Å². The Morgan fingerprint density at radius 1 is 1.26 bits per heavy atom. The molecule has 1 saturated carbocycles. The molecule has 1 fully saturated rings. The highest BCUT2D eigenvalue weighted by atomic mass is 35.5. The van der Waals surface area contributed by atoms with Crippen molar-refractivity contribution in [2.75, 3.05) is 25.6 Å². The quantitative estimate of drug-likeness (QED) is 0.833. The van der Waals surface area contributed by atoms with E-state index < -0.39 is 0 Å². The summed E-state index contributed by atoms with van der Waals surface area (Å²) in [4.78, 5) is 0. The van der Waals surface area contributed by atoms with Crippen molar-refractivity contribution in [3.63, 3.8) is 0 Å². The fraction of sp³-hybridized carbons (Fsp3) is 0.625. The lowest BCUT2D eigenvalue weighted by Crippen LogP contribution is -2.36. The van der Waals surface area contributed by atoms with Crippen LogP contribution in [0.4, 0.5) is 0 Å². The first kappa shape index (κ1) is 13.3. The zero-order valence-electron chi connectivity index (χ0n) is 11.3. The molecule has 1 unspecified atom stereocenters. The van der Waals surface area contributed by atoms with Crippen molar-refractivity contribution in [1.82, 2.24) is 5.32 Å². The van der Waals surface area contributed by atoms with Gasteiger partial charge in [0, 0.05) is 30.5 Å². The average Bonchev–Trinajstić information content (AvgIpc) is 3.07. The lowest BCUT2D eigenvalue weighted by Gasteiger charge is -2.27. The van der Waals surface area contributed by atoms with E-state index in [1.165, 1.54) is 31.2 Å². The van der Waals surface area contributed by atoms with E-state index in [9.17, 15) is 0 Å². The average molecular weight is 280 g/mol. The van der Waals surface area contributed by atoms with E-state index in [0.29, 0.717) is 11.3 Å². The molecule has 0 bridgehead atoms. The minimum absolute atomic E-state index is 0.348. The monoisotopic (exact) mass is 279 g/mol. The number of ether oxygens (including phenoxy) is 1. The topological polar surface area (TPSA) is 21.3 Å². The van der Waals surface area contributed by atoms with Crippen LogP contribution in [0.15, 0.2) is 24.3 Å². The molecule has 0 saturated heterocycles. The standard InChI is InChI=1S/C16H22ClNO/c17-11-16(7-3-4-8-16)12-18-9-13-10-19-15-6-2-1-5-14(13)15/h1-2,5-6,13,18H,3-4,7-12H2. The van der Waals surface area contributed by atoms with Crippen LogP contribution in [-0.4, -0.2) is 25.6 Å². The van der Waals surface area contributed by atoms with Crippen molar-refractivity contribution < 1.29 is 4.74 Å². The van der Waals surface area contributed by atoms with Crippen LogP contribution in [0.5, 0.6) is 5.75 Å². The predicted octanol–water partition coefficient (Wildman–Crippen LogP) is 3.55. The highest BCUT2D eigenvalue weighted by molar-refractivity contribution is 6.18. The smallest absolute Gasteiger partial charge is 0.122 e. The third kappa shape index (κ3) is 2.75. The molecule has 0 aromatic heterocycles. The number of hydrogen-bond donors (Lipinski definition) is 1. The van der Waals surface area contributed by atoms with Gasteiger partial charge >= 0.3 is 0 Å². The molecule has 3 heteroatoms. The van der Waals surface area contributed by atoms with E-state index in [1.54, 1.807) is 0 Å². The molecule has 0 radical (unpaired) electrons. The van der Waals surface area contributed by atoms with Gasteiger partial charge in [0.1, 0.15) is 5.75 Å². The molecular formula is C16H22ClNO. The Morgan fingerprint density at radius 3 is 2.84 bits per heavy atom. The van der Waals surface area contributed by atoms with Crippen molar-refractivity contribution in [2.24, 2.45) is 5.41 Å². The summed E-state index contributed by atoms with van der Waals surface area (Å²) in [7, 11) is 0. The van der Waals surface area contributed by atoms with E-state index in [1.807, 2.05) is 6.07 Å². The zero-order valence-corrected chi connectivity index (χ0v) is 12.1. The summed E-state index contributed by atoms with van der Waals surface area (Å²) in [5.74, 6) is 2.34. The number of nitrogens with one attached hydrogen (secondary N) is 1. The SMILES string of the molecule is ClCC1(CNCC2COc3ccccc32)CCCC1. The van der Waals surface area contributed by atoms with Gasteiger partial charge in [-0.1, -0.05) is 31.0 Å². The summed E-state index contributed by atoms with van der Waals surface area (Å²) in [5, 5.41) is 3.64. The highest BCUT2D eigenvalue weighted by Crippen LogP contribution is 2.39. The van der Waals surface area contributed by atoms with Gasteiger partial charge in [-0.15, -0.1) is 11.6 Å². The molecule has 2 aliphatic rings. The van der Waals surface area contributed by atoms with Crippen LogP contribution in [0.25, 0.3) is 0 Å². The normalized spacial score (nSPS) is 24.2. The molecule has 1 aliphatic heterocycles. The van der Waals surface area contributed by atoms with E-state index in [0.717, 1.165) is 31.3 Å². The largest absolute Gasteiger partial charge is 0.493 e. The van der Waals surface area contributed by atoms with Gasteiger partial charge in [-0.3, -0.25) is 0 Å². The van der Waals surface area contributed by atoms with Gasteiger partial charge < -0.3 is 10.1 Å². The van der Waals surface area contributed by atoms with E-state index in [-0.39, 0.29) is 0 Å². The maximum atomic E-state index is 6.18. The second kappa shape index (κ2) is 5.72. The Kier molecular flexibility index (Phi) is 3.99. The van der Waals surface area contributed by atoms with Crippen LogP contribution in [-0.2, 0) is 0 Å². The fourth-order valence-corrected chi connectivity index (χ4v) is 3.75. The van der Waals surface area contributed by atoms with Crippen LogP contribution in [0.1, 0.15) is 37.2 Å².